The Labute approximate surface area is 99.9 Å². The van der Waals surface area contributed by atoms with Crippen LogP contribution in [0.2, 0.25) is 0 Å². The summed E-state index contributed by atoms with van der Waals surface area (Å²) in [5.41, 5.74) is -1.90. The smallest absolute Gasteiger partial charge is 0.149 e. The Hall–Kier alpha value is 0.180. The molecule has 7 heteroatoms. The second kappa shape index (κ2) is 3.89. The minimum atomic E-state index is -0.950. The molecule has 0 aliphatic carbocycles. The van der Waals surface area contributed by atoms with Crippen molar-refractivity contribution in [3.63, 3.8) is 0 Å². The van der Waals surface area contributed by atoms with Gasteiger partial charge in [-0.05, 0) is 13.8 Å². The highest BCUT2D eigenvalue weighted by molar-refractivity contribution is 8.76. The third kappa shape index (κ3) is 2.31. The average Bonchev–Trinajstić information content (AvgIpc) is 2.61. The van der Waals surface area contributed by atoms with Gasteiger partial charge in [0.1, 0.15) is 21.2 Å². The van der Waals surface area contributed by atoms with E-state index in [4.69, 9.17) is 0 Å². The van der Waals surface area contributed by atoms with Crippen molar-refractivity contribution in [3.8, 4) is 0 Å². The number of hydrogen-bond donors (Lipinski definition) is 2. The van der Waals surface area contributed by atoms with E-state index in [0.717, 1.165) is 0 Å². The van der Waals surface area contributed by atoms with Crippen molar-refractivity contribution in [3.05, 3.63) is 10.0 Å². The summed E-state index contributed by atoms with van der Waals surface area (Å²) in [6.45, 7) is 3.45. The molecule has 2 unspecified atom stereocenters. The molecule has 0 spiro atoms. The number of aromatic nitrogens is 2. The van der Waals surface area contributed by atoms with Crippen LogP contribution in [0.3, 0.4) is 0 Å². The van der Waals surface area contributed by atoms with Gasteiger partial charge in [0.05, 0.1) is 0 Å². The van der Waals surface area contributed by atoms with Gasteiger partial charge in [0.2, 0.25) is 0 Å². The maximum Gasteiger partial charge on any atom is 0.149 e. The monoisotopic (exact) mass is 264 g/mol. The summed E-state index contributed by atoms with van der Waals surface area (Å²) >= 11 is 1.29. The molecule has 0 aromatic carbocycles. The molecule has 2 N–H and O–H groups in total. The molecule has 2 heterocycles. The average molecular weight is 264 g/mol. The van der Waals surface area contributed by atoms with E-state index in [-0.39, 0.29) is 0 Å². The summed E-state index contributed by atoms with van der Waals surface area (Å²) in [7, 11) is 3.10. The van der Waals surface area contributed by atoms with Crippen LogP contribution >= 0.6 is 32.9 Å². The second-order valence-electron chi connectivity index (χ2n) is 3.98. The van der Waals surface area contributed by atoms with Gasteiger partial charge in [-0.1, -0.05) is 32.9 Å². The van der Waals surface area contributed by atoms with Crippen molar-refractivity contribution in [1.82, 2.24) is 10.2 Å². The van der Waals surface area contributed by atoms with Gasteiger partial charge in [-0.15, -0.1) is 10.2 Å². The fraction of sp³-hybridized carbons (Fsp3) is 0.750. The van der Waals surface area contributed by atoms with Crippen molar-refractivity contribution in [2.24, 2.45) is 0 Å². The summed E-state index contributed by atoms with van der Waals surface area (Å²) in [4.78, 5) is 0. The molecule has 2 rings (SSSR count). The van der Waals surface area contributed by atoms with Crippen molar-refractivity contribution in [1.29, 1.82) is 0 Å². The van der Waals surface area contributed by atoms with Crippen LogP contribution in [0.1, 0.15) is 23.9 Å². The Morgan fingerprint density at radius 1 is 1.00 bits per heavy atom. The molecule has 4 nitrogen and oxygen atoms in total. The number of fused-ring (bicyclic) bond motifs is 2. The molecule has 0 fully saturated rings. The molecule has 0 saturated heterocycles. The first-order valence-electron chi connectivity index (χ1n) is 4.45. The van der Waals surface area contributed by atoms with Gasteiger partial charge in [-0.25, -0.2) is 0 Å². The van der Waals surface area contributed by atoms with Gasteiger partial charge in [-0.3, -0.25) is 0 Å². The van der Waals surface area contributed by atoms with Crippen LogP contribution in [0.5, 0.6) is 0 Å². The van der Waals surface area contributed by atoms with Crippen molar-refractivity contribution >= 4 is 32.9 Å². The minimum Gasteiger partial charge on any atom is -0.382 e. The van der Waals surface area contributed by atoms with E-state index in [0.29, 0.717) is 21.5 Å². The van der Waals surface area contributed by atoms with Crippen molar-refractivity contribution in [2.45, 2.75) is 25.0 Å². The molecule has 1 aromatic rings. The van der Waals surface area contributed by atoms with E-state index in [1.807, 2.05) is 0 Å². The van der Waals surface area contributed by atoms with E-state index in [1.165, 1.54) is 11.3 Å². The third-order valence-corrected chi connectivity index (χ3v) is 6.27. The van der Waals surface area contributed by atoms with Crippen LogP contribution in [0, 0.1) is 0 Å². The Kier molecular flexibility index (Phi) is 3.02. The van der Waals surface area contributed by atoms with E-state index >= 15 is 0 Å². The molecule has 15 heavy (non-hydrogen) atoms. The zero-order valence-corrected chi connectivity index (χ0v) is 10.9. The molecule has 1 aromatic heterocycles. The van der Waals surface area contributed by atoms with Crippen LogP contribution in [0.15, 0.2) is 0 Å². The van der Waals surface area contributed by atoms with Gasteiger partial charge in [0.15, 0.2) is 0 Å². The highest BCUT2D eigenvalue weighted by atomic mass is 33.1. The Morgan fingerprint density at radius 3 is 1.80 bits per heavy atom. The van der Waals surface area contributed by atoms with Gasteiger partial charge in [0.25, 0.3) is 0 Å². The summed E-state index contributed by atoms with van der Waals surface area (Å²) < 4.78 is 0. The van der Waals surface area contributed by atoms with Gasteiger partial charge in [-0.2, -0.15) is 0 Å². The summed E-state index contributed by atoms with van der Waals surface area (Å²) in [5, 5.41) is 29.3. The van der Waals surface area contributed by atoms with Crippen molar-refractivity contribution < 1.29 is 10.2 Å². The fourth-order valence-electron chi connectivity index (χ4n) is 1.09. The predicted molar refractivity (Wildman–Crippen MR) is 64.0 cm³/mol. The number of aliphatic hydroxyl groups is 2. The standard InChI is InChI=1S/C8H12N2O2S3/c1-7(11)3-13-14-4-8(2,12)6-10-9-5(7)15-6/h11-12H,3-4H2,1-2H3. The Morgan fingerprint density at radius 2 is 1.40 bits per heavy atom. The molecule has 1 aliphatic rings. The van der Waals surface area contributed by atoms with Gasteiger partial charge in [0, 0.05) is 11.5 Å². The Bertz CT molecular complexity index is 332. The first-order chi connectivity index (χ1) is 6.92. The largest absolute Gasteiger partial charge is 0.382 e. The third-order valence-electron chi connectivity index (χ3n) is 2.11. The number of hydrogen-bond acceptors (Lipinski definition) is 7. The first-order valence-corrected chi connectivity index (χ1v) is 7.76. The molecular formula is C8H12N2O2S3. The zero-order valence-electron chi connectivity index (χ0n) is 8.43. The van der Waals surface area contributed by atoms with Crippen LogP contribution in [-0.4, -0.2) is 31.9 Å². The van der Waals surface area contributed by atoms with E-state index < -0.39 is 11.2 Å². The minimum absolute atomic E-state index is 0.558. The van der Waals surface area contributed by atoms with E-state index in [2.05, 4.69) is 10.2 Å². The second-order valence-corrected chi connectivity index (χ2v) is 7.42. The Balaban J connectivity index is 2.41. The van der Waals surface area contributed by atoms with Gasteiger partial charge >= 0.3 is 0 Å². The molecule has 0 amide bonds. The quantitative estimate of drug-likeness (QED) is 0.690. The molecule has 1 aliphatic heterocycles. The molecule has 2 bridgehead atoms. The fourth-order valence-corrected chi connectivity index (χ4v) is 4.98. The predicted octanol–water partition coefficient (Wildman–Crippen LogP) is 1.35. The highest BCUT2D eigenvalue weighted by Gasteiger charge is 2.35. The van der Waals surface area contributed by atoms with Crippen LogP contribution in [0.4, 0.5) is 0 Å². The zero-order chi connectivity index (χ0) is 11.1. The van der Waals surface area contributed by atoms with Crippen LogP contribution in [0.25, 0.3) is 0 Å². The first kappa shape index (κ1) is 11.7. The molecule has 2 atom stereocenters. The molecule has 0 radical (unpaired) electrons. The lowest BCUT2D eigenvalue weighted by molar-refractivity contribution is 0.0804. The van der Waals surface area contributed by atoms with Crippen LogP contribution in [-0.2, 0) is 11.2 Å². The van der Waals surface area contributed by atoms with Gasteiger partial charge < -0.3 is 10.2 Å². The van der Waals surface area contributed by atoms with E-state index in [9.17, 15) is 10.2 Å². The molecule has 84 valence electrons. The summed E-state index contributed by atoms with van der Waals surface area (Å²) in [5.74, 6) is 1.12. The lowest BCUT2D eigenvalue weighted by Crippen LogP contribution is -2.25. The lowest BCUT2D eigenvalue weighted by atomic mass is 10.1. The maximum atomic E-state index is 10.1. The SMILES string of the molecule is CC1(O)CSSCC(C)(O)c2nnc1s2. The normalized spacial score (nSPS) is 36.8. The maximum absolute atomic E-state index is 10.1. The lowest BCUT2D eigenvalue weighted by Gasteiger charge is -2.19. The topological polar surface area (TPSA) is 66.2 Å². The summed E-state index contributed by atoms with van der Waals surface area (Å²) in [6.07, 6.45) is 0. The summed E-state index contributed by atoms with van der Waals surface area (Å²) in [6, 6.07) is 0. The van der Waals surface area contributed by atoms with Crippen molar-refractivity contribution in [2.75, 3.05) is 11.5 Å². The number of nitrogens with zero attached hydrogens (tertiary/aromatic N) is 2. The highest BCUT2D eigenvalue weighted by Crippen LogP contribution is 2.40. The van der Waals surface area contributed by atoms with E-state index in [1.54, 1.807) is 35.4 Å². The number of rotatable bonds is 0. The molecule has 0 saturated carbocycles. The molecular weight excluding hydrogens is 252 g/mol. The van der Waals surface area contributed by atoms with Crippen LogP contribution < -0.4 is 0 Å².